The maximum Gasteiger partial charge on any atom is 0.0713 e. The van der Waals surface area contributed by atoms with Gasteiger partial charge >= 0.3 is 0 Å². The second kappa shape index (κ2) is 14.4. The van der Waals surface area contributed by atoms with E-state index in [2.05, 4.69) is 138 Å². The highest BCUT2D eigenvalue weighted by Gasteiger charge is 2.13. The maximum absolute atomic E-state index is 5.32. The molecule has 0 atom stereocenters. The maximum atomic E-state index is 5.32. The van der Waals surface area contributed by atoms with Crippen molar-refractivity contribution in [2.75, 3.05) is 26.2 Å². The molecule has 0 saturated heterocycles. The summed E-state index contributed by atoms with van der Waals surface area (Å²) in [5.41, 5.74) is 11.3. The smallest absolute Gasteiger partial charge is 0.0713 e. The molecule has 5 aromatic carbocycles. The SMILES string of the molecule is COCc1ccc(/C(=C\c2ccc(N(c3ccc(COC)cc3)c3ccc(COC)cc3)cc2)c2ccccc2)cc1. The minimum absolute atomic E-state index is 0.589. The molecule has 0 bridgehead atoms. The lowest BCUT2D eigenvalue weighted by molar-refractivity contribution is 0.185. The van der Waals surface area contributed by atoms with Crippen molar-refractivity contribution in [3.05, 3.63) is 161 Å². The van der Waals surface area contributed by atoms with Gasteiger partial charge in [-0.3, -0.25) is 0 Å². The Morgan fingerprint density at radius 3 is 1.29 bits per heavy atom. The van der Waals surface area contributed by atoms with E-state index in [1.54, 1.807) is 21.3 Å². The molecule has 4 nitrogen and oxygen atoms in total. The summed E-state index contributed by atoms with van der Waals surface area (Å²) in [6.45, 7) is 1.78. The molecule has 4 heteroatoms. The van der Waals surface area contributed by atoms with Gasteiger partial charge in [-0.25, -0.2) is 0 Å². The summed E-state index contributed by atoms with van der Waals surface area (Å²) in [7, 11) is 5.16. The second-order valence-corrected chi connectivity index (χ2v) is 10.2. The first kappa shape index (κ1) is 29.0. The van der Waals surface area contributed by atoms with Gasteiger partial charge in [-0.15, -0.1) is 0 Å². The summed E-state index contributed by atoms with van der Waals surface area (Å²) in [5.74, 6) is 0. The molecular weight excluding hydrogens is 518 g/mol. The molecule has 0 N–H and O–H groups in total. The van der Waals surface area contributed by atoms with Gasteiger partial charge in [-0.2, -0.15) is 0 Å². The highest BCUT2D eigenvalue weighted by atomic mass is 16.5. The lowest BCUT2D eigenvalue weighted by atomic mass is 9.95. The molecule has 5 aromatic rings. The van der Waals surface area contributed by atoms with E-state index >= 15 is 0 Å². The Hall–Kier alpha value is -4.48. The summed E-state index contributed by atoms with van der Waals surface area (Å²) in [6.07, 6.45) is 2.26. The highest BCUT2D eigenvalue weighted by Crippen LogP contribution is 2.35. The summed E-state index contributed by atoms with van der Waals surface area (Å²) in [4.78, 5) is 2.27. The van der Waals surface area contributed by atoms with Crippen LogP contribution in [0, 0.1) is 0 Å². The number of benzene rings is 5. The Morgan fingerprint density at radius 2 is 0.857 bits per heavy atom. The van der Waals surface area contributed by atoms with E-state index in [9.17, 15) is 0 Å². The number of rotatable bonds is 12. The summed E-state index contributed by atoms with van der Waals surface area (Å²) in [5, 5.41) is 0. The fourth-order valence-electron chi connectivity index (χ4n) is 5.05. The molecule has 0 aliphatic heterocycles. The summed E-state index contributed by atoms with van der Waals surface area (Å²) < 4.78 is 16.0. The zero-order chi connectivity index (χ0) is 29.1. The van der Waals surface area contributed by atoms with Crippen molar-refractivity contribution < 1.29 is 14.2 Å². The van der Waals surface area contributed by atoms with E-state index in [0.717, 1.165) is 39.3 Å². The first-order chi connectivity index (χ1) is 20.7. The molecule has 0 aromatic heterocycles. The average Bonchev–Trinajstić information content (AvgIpc) is 3.04. The first-order valence-electron chi connectivity index (χ1n) is 14.1. The van der Waals surface area contributed by atoms with Crippen LogP contribution in [-0.4, -0.2) is 21.3 Å². The minimum Gasteiger partial charge on any atom is -0.380 e. The highest BCUT2D eigenvalue weighted by molar-refractivity contribution is 5.91. The van der Waals surface area contributed by atoms with E-state index in [1.165, 1.54) is 16.7 Å². The topological polar surface area (TPSA) is 30.9 Å². The van der Waals surface area contributed by atoms with Crippen LogP contribution in [0.1, 0.15) is 33.4 Å². The van der Waals surface area contributed by atoms with Gasteiger partial charge in [0.25, 0.3) is 0 Å². The van der Waals surface area contributed by atoms with Crippen molar-refractivity contribution in [2.45, 2.75) is 19.8 Å². The predicted octanol–water partition coefficient (Wildman–Crippen LogP) is 9.18. The van der Waals surface area contributed by atoms with Gasteiger partial charge in [-0.1, -0.05) is 91.0 Å². The molecule has 0 fully saturated rings. The number of ether oxygens (including phenoxy) is 3. The van der Waals surface area contributed by atoms with E-state index in [-0.39, 0.29) is 0 Å². The van der Waals surface area contributed by atoms with Gasteiger partial charge < -0.3 is 19.1 Å². The Morgan fingerprint density at radius 1 is 0.476 bits per heavy atom. The quantitative estimate of drug-likeness (QED) is 0.144. The molecular formula is C38H37NO3. The molecule has 0 spiro atoms. The largest absolute Gasteiger partial charge is 0.380 e. The number of nitrogens with zero attached hydrogens (tertiary/aromatic N) is 1. The van der Waals surface area contributed by atoms with Crippen LogP contribution in [0.15, 0.2) is 127 Å². The van der Waals surface area contributed by atoms with Crippen LogP contribution < -0.4 is 4.90 Å². The third kappa shape index (κ3) is 7.23. The van der Waals surface area contributed by atoms with Crippen LogP contribution in [0.25, 0.3) is 11.6 Å². The molecule has 0 aliphatic rings. The van der Waals surface area contributed by atoms with Crippen LogP contribution in [0.2, 0.25) is 0 Å². The molecule has 0 unspecified atom stereocenters. The summed E-state index contributed by atoms with van der Waals surface area (Å²) >= 11 is 0. The van der Waals surface area contributed by atoms with Crippen molar-refractivity contribution in [2.24, 2.45) is 0 Å². The second-order valence-electron chi connectivity index (χ2n) is 10.2. The Balaban J connectivity index is 1.51. The standard InChI is InChI=1S/C38H37NO3/c1-40-26-30-9-17-34(18-10-30)38(33-7-5-4-6-8-33)25-29-11-19-35(20-12-29)39(36-21-13-31(14-22-36)27-41-2)37-23-15-32(16-24-37)28-42-3/h4-25H,26-28H2,1-3H3/b38-25-. The fourth-order valence-corrected chi connectivity index (χ4v) is 5.05. The lowest BCUT2D eigenvalue weighted by Gasteiger charge is -2.26. The Labute approximate surface area is 249 Å². The summed E-state index contributed by atoms with van der Waals surface area (Å²) in [6, 6.07) is 44.9. The third-order valence-electron chi connectivity index (χ3n) is 7.13. The Bertz CT molecular complexity index is 1510. The van der Waals surface area contributed by atoms with E-state index in [1.807, 2.05) is 0 Å². The molecule has 0 aliphatic carbocycles. The molecule has 5 rings (SSSR count). The Kier molecular flexibility index (Phi) is 9.97. The first-order valence-corrected chi connectivity index (χ1v) is 14.1. The van der Waals surface area contributed by atoms with Gasteiger partial charge in [0.2, 0.25) is 0 Å². The van der Waals surface area contributed by atoms with Crippen LogP contribution >= 0.6 is 0 Å². The number of hydrogen-bond acceptors (Lipinski definition) is 4. The predicted molar refractivity (Wildman–Crippen MR) is 173 cm³/mol. The van der Waals surface area contributed by atoms with Crippen LogP contribution in [-0.2, 0) is 34.0 Å². The van der Waals surface area contributed by atoms with Gasteiger partial charge in [0.15, 0.2) is 0 Å². The van der Waals surface area contributed by atoms with Gasteiger partial charge in [0, 0.05) is 38.4 Å². The normalized spacial score (nSPS) is 11.5. The molecule has 0 saturated carbocycles. The van der Waals surface area contributed by atoms with Gasteiger partial charge in [-0.05, 0) is 81.4 Å². The molecule has 0 heterocycles. The third-order valence-corrected chi connectivity index (χ3v) is 7.13. The van der Waals surface area contributed by atoms with Crippen molar-refractivity contribution >= 4 is 28.7 Å². The fraction of sp³-hybridized carbons (Fsp3) is 0.158. The minimum atomic E-state index is 0.589. The number of hydrogen-bond donors (Lipinski definition) is 0. The van der Waals surface area contributed by atoms with Crippen molar-refractivity contribution in [1.82, 2.24) is 0 Å². The average molecular weight is 556 g/mol. The van der Waals surface area contributed by atoms with Gasteiger partial charge in [0.1, 0.15) is 0 Å². The molecule has 0 radical (unpaired) electrons. The van der Waals surface area contributed by atoms with Crippen LogP contribution in [0.5, 0.6) is 0 Å². The van der Waals surface area contributed by atoms with Crippen molar-refractivity contribution in [3.8, 4) is 0 Å². The van der Waals surface area contributed by atoms with Crippen molar-refractivity contribution in [3.63, 3.8) is 0 Å². The van der Waals surface area contributed by atoms with E-state index in [4.69, 9.17) is 14.2 Å². The number of anilines is 3. The molecule has 42 heavy (non-hydrogen) atoms. The monoisotopic (exact) mass is 555 g/mol. The van der Waals surface area contributed by atoms with E-state index in [0.29, 0.717) is 19.8 Å². The van der Waals surface area contributed by atoms with Crippen molar-refractivity contribution in [1.29, 1.82) is 0 Å². The molecule has 0 amide bonds. The molecule has 212 valence electrons. The van der Waals surface area contributed by atoms with Crippen LogP contribution in [0.3, 0.4) is 0 Å². The van der Waals surface area contributed by atoms with Gasteiger partial charge in [0.05, 0.1) is 19.8 Å². The van der Waals surface area contributed by atoms with E-state index < -0.39 is 0 Å². The zero-order valence-electron chi connectivity index (χ0n) is 24.5. The van der Waals surface area contributed by atoms with Crippen LogP contribution in [0.4, 0.5) is 17.1 Å². The zero-order valence-corrected chi connectivity index (χ0v) is 24.5. The lowest BCUT2D eigenvalue weighted by Crippen LogP contribution is -2.10. The number of methoxy groups -OCH3 is 3.